The summed E-state index contributed by atoms with van der Waals surface area (Å²) in [5.74, 6) is 0.630. The third-order valence-electron chi connectivity index (χ3n) is 3.93. The molecule has 2 N–H and O–H groups in total. The summed E-state index contributed by atoms with van der Waals surface area (Å²) in [5.41, 5.74) is 6.25. The van der Waals surface area contributed by atoms with E-state index in [1.807, 2.05) is 0 Å². The molecule has 0 aromatic heterocycles. The van der Waals surface area contributed by atoms with Crippen LogP contribution in [0.5, 0.6) is 0 Å². The highest BCUT2D eigenvalue weighted by Gasteiger charge is 2.28. The average molecular weight is 212 g/mol. The first-order chi connectivity index (χ1) is 6.94. The van der Waals surface area contributed by atoms with Crippen molar-refractivity contribution < 1.29 is 0 Å². The van der Waals surface area contributed by atoms with E-state index in [0.717, 1.165) is 19.1 Å². The monoisotopic (exact) mass is 212 g/mol. The Kier molecular flexibility index (Phi) is 4.60. The van der Waals surface area contributed by atoms with Crippen molar-refractivity contribution in [1.82, 2.24) is 4.90 Å². The Labute approximate surface area is 95.2 Å². The molecular formula is C13H28N2. The molecule has 1 aliphatic carbocycles. The predicted octanol–water partition coefficient (Wildman–Crippen LogP) is 2.48. The summed E-state index contributed by atoms with van der Waals surface area (Å²) in [6.45, 7) is 8.99. The molecule has 2 nitrogen and oxygen atoms in total. The van der Waals surface area contributed by atoms with Crippen molar-refractivity contribution in [2.75, 3.05) is 20.1 Å². The van der Waals surface area contributed by atoms with Gasteiger partial charge in [-0.05, 0) is 50.6 Å². The summed E-state index contributed by atoms with van der Waals surface area (Å²) in [5, 5.41) is 0. The molecule has 0 bridgehead atoms. The molecule has 1 atom stereocenters. The highest BCUT2D eigenvalue weighted by Crippen LogP contribution is 2.36. The zero-order valence-corrected chi connectivity index (χ0v) is 10.9. The molecule has 0 saturated heterocycles. The Balaban J connectivity index is 2.33. The molecular weight excluding hydrogens is 184 g/mol. The van der Waals surface area contributed by atoms with Gasteiger partial charge in [0, 0.05) is 12.6 Å². The molecule has 0 amide bonds. The number of nitrogens with zero attached hydrogens (tertiary/aromatic N) is 1. The summed E-state index contributed by atoms with van der Waals surface area (Å²) < 4.78 is 0. The van der Waals surface area contributed by atoms with E-state index in [1.165, 1.54) is 25.7 Å². The van der Waals surface area contributed by atoms with Gasteiger partial charge in [0.25, 0.3) is 0 Å². The van der Waals surface area contributed by atoms with E-state index in [4.69, 9.17) is 5.73 Å². The third kappa shape index (κ3) is 4.12. The van der Waals surface area contributed by atoms with E-state index in [-0.39, 0.29) is 0 Å². The second-order valence-electron chi connectivity index (χ2n) is 6.18. The molecule has 0 aliphatic heterocycles. The van der Waals surface area contributed by atoms with Crippen LogP contribution in [0.3, 0.4) is 0 Å². The Morgan fingerprint density at radius 3 is 2.33 bits per heavy atom. The fourth-order valence-electron chi connectivity index (χ4n) is 2.54. The van der Waals surface area contributed by atoms with E-state index in [9.17, 15) is 0 Å². The summed E-state index contributed by atoms with van der Waals surface area (Å²) in [6, 6.07) is 0.798. The zero-order valence-electron chi connectivity index (χ0n) is 10.9. The number of rotatable bonds is 4. The van der Waals surface area contributed by atoms with E-state index in [1.54, 1.807) is 0 Å². The lowest BCUT2D eigenvalue weighted by Gasteiger charge is -2.39. The lowest BCUT2D eigenvalue weighted by atomic mass is 9.75. The van der Waals surface area contributed by atoms with Crippen LogP contribution in [0.2, 0.25) is 0 Å². The van der Waals surface area contributed by atoms with E-state index in [0.29, 0.717) is 11.3 Å². The normalized spacial score (nSPS) is 24.4. The molecule has 0 heterocycles. The van der Waals surface area contributed by atoms with Gasteiger partial charge < -0.3 is 10.6 Å². The fraction of sp³-hybridized carbons (Fsp3) is 1.00. The third-order valence-corrected chi connectivity index (χ3v) is 3.93. The maximum atomic E-state index is 5.67. The number of hydrogen-bond acceptors (Lipinski definition) is 2. The molecule has 0 spiro atoms. The smallest absolute Gasteiger partial charge is 0.00927 e. The predicted molar refractivity (Wildman–Crippen MR) is 66.9 cm³/mol. The van der Waals surface area contributed by atoms with Crippen molar-refractivity contribution in [2.24, 2.45) is 17.1 Å². The van der Waals surface area contributed by atoms with Crippen molar-refractivity contribution in [3.8, 4) is 0 Å². The van der Waals surface area contributed by atoms with Crippen molar-refractivity contribution in [3.63, 3.8) is 0 Å². The van der Waals surface area contributed by atoms with Crippen LogP contribution in [0.1, 0.15) is 46.5 Å². The first-order valence-electron chi connectivity index (χ1n) is 6.35. The van der Waals surface area contributed by atoms with Crippen molar-refractivity contribution in [1.29, 1.82) is 0 Å². The lowest BCUT2D eigenvalue weighted by molar-refractivity contribution is 0.117. The molecule has 1 saturated carbocycles. The Bertz CT molecular complexity index is 179. The summed E-state index contributed by atoms with van der Waals surface area (Å²) in [6.07, 6.45) is 5.47. The molecule has 90 valence electrons. The summed E-state index contributed by atoms with van der Waals surface area (Å²) >= 11 is 0. The number of nitrogens with two attached hydrogens (primary N) is 1. The van der Waals surface area contributed by atoms with Gasteiger partial charge in [0.1, 0.15) is 0 Å². The molecule has 1 rings (SSSR count). The van der Waals surface area contributed by atoms with Gasteiger partial charge in [-0.25, -0.2) is 0 Å². The molecule has 15 heavy (non-hydrogen) atoms. The second-order valence-corrected chi connectivity index (χ2v) is 6.18. The molecule has 0 aromatic carbocycles. The molecule has 1 fully saturated rings. The van der Waals surface area contributed by atoms with Gasteiger partial charge in [-0.2, -0.15) is 0 Å². The largest absolute Gasteiger partial charge is 0.330 e. The van der Waals surface area contributed by atoms with Crippen LogP contribution in [0.15, 0.2) is 0 Å². The molecule has 0 radical (unpaired) electrons. The summed E-state index contributed by atoms with van der Waals surface area (Å²) in [7, 11) is 2.26. The van der Waals surface area contributed by atoms with Crippen LogP contribution in [0.4, 0.5) is 0 Å². The molecule has 1 unspecified atom stereocenters. The quantitative estimate of drug-likeness (QED) is 0.776. The standard InChI is InChI=1S/C13H28N2/c1-11(9-14)10-15(4)12-5-7-13(2,3)8-6-12/h11-12H,5-10,14H2,1-4H3. The average Bonchev–Trinajstić information content (AvgIpc) is 2.17. The molecule has 1 aliphatic rings. The lowest BCUT2D eigenvalue weighted by Crippen LogP contribution is -2.40. The maximum Gasteiger partial charge on any atom is 0.00927 e. The Morgan fingerprint density at radius 2 is 1.87 bits per heavy atom. The SMILES string of the molecule is CC(CN)CN(C)C1CCC(C)(C)CC1. The highest BCUT2D eigenvalue weighted by molar-refractivity contribution is 4.83. The minimum atomic E-state index is 0.580. The van der Waals surface area contributed by atoms with Gasteiger partial charge in [0.05, 0.1) is 0 Å². The Morgan fingerprint density at radius 1 is 1.33 bits per heavy atom. The Hall–Kier alpha value is -0.0800. The van der Waals surface area contributed by atoms with Crippen LogP contribution in [0, 0.1) is 11.3 Å². The van der Waals surface area contributed by atoms with Crippen molar-refractivity contribution in [3.05, 3.63) is 0 Å². The topological polar surface area (TPSA) is 29.3 Å². The van der Waals surface area contributed by atoms with E-state index >= 15 is 0 Å². The van der Waals surface area contributed by atoms with Crippen LogP contribution in [-0.4, -0.2) is 31.1 Å². The van der Waals surface area contributed by atoms with Gasteiger partial charge in [0.15, 0.2) is 0 Å². The fourth-order valence-corrected chi connectivity index (χ4v) is 2.54. The maximum absolute atomic E-state index is 5.67. The summed E-state index contributed by atoms with van der Waals surface area (Å²) in [4.78, 5) is 2.52. The van der Waals surface area contributed by atoms with E-state index < -0.39 is 0 Å². The second kappa shape index (κ2) is 5.31. The minimum absolute atomic E-state index is 0.580. The van der Waals surface area contributed by atoms with Crippen LogP contribution in [-0.2, 0) is 0 Å². The minimum Gasteiger partial charge on any atom is -0.330 e. The van der Waals surface area contributed by atoms with Crippen LogP contribution >= 0.6 is 0 Å². The highest BCUT2D eigenvalue weighted by atomic mass is 15.1. The van der Waals surface area contributed by atoms with Crippen LogP contribution in [0.25, 0.3) is 0 Å². The van der Waals surface area contributed by atoms with Crippen LogP contribution < -0.4 is 5.73 Å². The van der Waals surface area contributed by atoms with Gasteiger partial charge in [-0.1, -0.05) is 20.8 Å². The van der Waals surface area contributed by atoms with E-state index in [2.05, 4.69) is 32.7 Å². The van der Waals surface area contributed by atoms with Gasteiger partial charge in [-0.15, -0.1) is 0 Å². The van der Waals surface area contributed by atoms with Gasteiger partial charge in [-0.3, -0.25) is 0 Å². The van der Waals surface area contributed by atoms with Gasteiger partial charge in [0.2, 0.25) is 0 Å². The zero-order chi connectivity index (χ0) is 11.5. The van der Waals surface area contributed by atoms with Gasteiger partial charge >= 0.3 is 0 Å². The first-order valence-corrected chi connectivity index (χ1v) is 6.35. The molecule has 0 aromatic rings. The van der Waals surface area contributed by atoms with Crippen molar-refractivity contribution >= 4 is 0 Å². The van der Waals surface area contributed by atoms with Crippen molar-refractivity contribution in [2.45, 2.75) is 52.5 Å². The number of hydrogen-bond donors (Lipinski definition) is 1. The molecule has 2 heteroatoms. The first kappa shape index (κ1) is 13.0.